The maximum Gasteiger partial charge on any atom is 0.280 e. The van der Waals surface area contributed by atoms with Gasteiger partial charge in [-0.25, -0.2) is 18.2 Å². The normalized spacial score (nSPS) is 25.6. The number of aromatic nitrogens is 3. The van der Waals surface area contributed by atoms with Gasteiger partial charge < -0.3 is 19.7 Å². The van der Waals surface area contributed by atoms with E-state index in [1.807, 2.05) is 13.0 Å². The van der Waals surface area contributed by atoms with Crippen molar-refractivity contribution in [1.82, 2.24) is 24.8 Å². The first kappa shape index (κ1) is 35.1. The van der Waals surface area contributed by atoms with Crippen molar-refractivity contribution in [3.05, 3.63) is 87.2 Å². The lowest BCUT2D eigenvalue weighted by Crippen LogP contribution is -2.45. The molecule has 2 aliphatic carbocycles. The van der Waals surface area contributed by atoms with Gasteiger partial charge in [-0.2, -0.15) is 5.26 Å². The first-order valence-corrected chi connectivity index (χ1v) is 19.9. The highest BCUT2D eigenvalue weighted by Gasteiger charge is 2.55. The predicted molar refractivity (Wildman–Crippen MR) is 206 cm³/mol. The number of nitrogens with one attached hydrogen (secondary N) is 1. The summed E-state index contributed by atoms with van der Waals surface area (Å²) in [5, 5.41) is 15.4. The number of nitriles is 1. The van der Waals surface area contributed by atoms with Crippen LogP contribution in [0.15, 0.2) is 48.7 Å². The third-order valence-electron chi connectivity index (χ3n) is 12.9. The molecule has 4 saturated heterocycles. The van der Waals surface area contributed by atoms with Gasteiger partial charge in [0.15, 0.2) is 5.82 Å². The van der Waals surface area contributed by atoms with Crippen molar-refractivity contribution in [2.24, 2.45) is 17.8 Å². The number of alkyl halides is 2. The Bertz CT molecular complexity index is 2450. The maximum atomic E-state index is 17.3. The topological polar surface area (TPSA) is 90.1 Å². The summed E-state index contributed by atoms with van der Waals surface area (Å²) >= 11 is 13.1. The van der Waals surface area contributed by atoms with Crippen LogP contribution in [0.4, 0.5) is 18.9 Å². The molecule has 0 spiro atoms. The zero-order valence-corrected chi connectivity index (χ0v) is 31.6. The van der Waals surface area contributed by atoms with E-state index in [0.29, 0.717) is 63.9 Å². The number of amides is 1. The summed E-state index contributed by atoms with van der Waals surface area (Å²) in [6.45, 7) is 3.92. The Morgan fingerprint density at radius 2 is 1.93 bits per heavy atom. The van der Waals surface area contributed by atoms with Crippen molar-refractivity contribution in [2.75, 3.05) is 24.5 Å². The highest BCUT2D eigenvalue weighted by Crippen LogP contribution is 2.54. The molecule has 0 unspecified atom stereocenters. The Labute approximate surface area is 326 Å². The van der Waals surface area contributed by atoms with Crippen LogP contribution in [0, 0.1) is 41.8 Å². The van der Waals surface area contributed by atoms with E-state index in [2.05, 4.69) is 36.8 Å². The van der Waals surface area contributed by atoms with Gasteiger partial charge in [0.1, 0.15) is 11.2 Å². The number of piperidine rings is 1. The smallest absolute Gasteiger partial charge is 0.280 e. The number of pyridine rings is 2. The van der Waals surface area contributed by atoms with Gasteiger partial charge in [-0.3, -0.25) is 9.78 Å². The summed E-state index contributed by atoms with van der Waals surface area (Å²) < 4.78 is 47.2. The molecule has 5 aromatic rings. The van der Waals surface area contributed by atoms with Crippen molar-refractivity contribution >= 4 is 56.6 Å². The van der Waals surface area contributed by atoms with Crippen molar-refractivity contribution < 1.29 is 18.0 Å². The minimum Gasteiger partial charge on any atom is -0.369 e. The molecule has 55 heavy (non-hydrogen) atoms. The van der Waals surface area contributed by atoms with E-state index in [1.165, 1.54) is 12.3 Å². The van der Waals surface area contributed by atoms with Gasteiger partial charge in [0.25, 0.3) is 6.43 Å². The van der Waals surface area contributed by atoms with E-state index in [9.17, 15) is 18.8 Å². The second-order valence-corrected chi connectivity index (χ2v) is 16.8. The molecule has 6 aliphatic rings. The van der Waals surface area contributed by atoms with Crippen LogP contribution in [0.25, 0.3) is 32.9 Å². The molecule has 6 fully saturated rings. The second kappa shape index (κ2) is 13.1. The predicted octanol–water partition coefficient (Wildman–Crippen LogP) is 9.12. The fourth-order valence-electron chi connectivity index (χ4n) is 10.3. The van der Waals surface area contributed by atoms with Crippen molar-refractivity contribution in [1.29, 1.82) is 5.26 Å². The summed E-state index contributed by atoms with van der Waals surface area (Å²) in [5.74, 6) is 0.0180. The number of anilines is 1. The molecule has 11 rings (SSSR count). The van der Waals surface area contributed by atoms with Crippen molar-refractivity contribution in [3.63, 3.8) is 0 Å². The van der Waals surface area contributed by atoms with Gasteiger partial charge in [0, 0.05) is 89.1 Å². The molecule has 1 amide bonds. The number of likely N-dealkylation sites (tertiary alicyclic amines) is 1. The average Bonchev–Trinajstić information content (AvgIpc) is 3.46. The minimum absolute atomic E-state index is 0.0150. The monoisotopic (exact) mass is 783 g/mol. The van der Waals surface area contributed by atoms with Crippen molar-refractivity contribution in [2.45, 2.75) is 76.0 Å². The van der Waals surface area contributed by atoms with Gasteiger partial charge in [0.05, 0.1) is 39.8 Å². The van der Waals surface area contributed by atoms with E-state index in [0.717, 1.165) is 48.8 Å². The van der Waals surface area contributed by atoms with Crippen LogP contribution >= 0.6 is 23.2 Å². The molecular weight excluding hydrogens is 746 g/mol. The van der Waals surface area contributed by atoms with Gasteiger partial charge in [-0.05, 0) is 80.8 Å². The number of hydrogen-bond acceptors (Lipinski definition) is 6. The number of carbonyl (C=O) groups is 1. The van der Waals surface area contributed by atoms with Gasteiger partial charge in [0.2, 0.25) is 5.91 Å². The number of fused-ring (bicyclic) bond motifs is 6. The maximum absolute atomic E-state index is 17.3. The Kier molecular flexibility index (Phi) is 8.36. The fraction of sp³-hybridized carbons (Fsp3) is 0.429. The second-order valence-electron chi connectivity index (χ2n) is 16.0. The van der Waals surface area contributed by atoms with E-state index in [4.69, 9.17) is 28.2 Å². The quantitative estimate of drug-likeness (QED) is 0.169. The number of aryl methyl sites for hydroxylation is 2. The minimum atomic E-state index is -2.68. The van der Waals surface area contributed by atoms with Crippen LogP contribution < -0.4 is 10.2 Å². The van der Waals surface area contributed by atoms with Crippen LogP contribution in [0.1, 0.15) is 73.3 Å². The molecule has 282 valence electrons. The molecule has 8 nitrogen and oxygen atoms in total. The van der Waals surface area contributed by atoms with Gasteiger partial charge >= 0.3 is 0 Å². The molecule has 4 bridgehead atoms. The molecule has 2 saturated carbocycles. The Morgan fingerprint density at radius 1 is 1.09 bits per heavy atom. The van der Waals surface area contributed by atoms with Crippen LogP contribution in [0.5, 0.6) is 0 Å². The number of benzene rings is 2. The highest BCUT2D eigenvalue weighted by molar-refractivity contribution is 6.43. The van der Waals surface area contributed by atoms with Crippen LogP contribution in [0.3, 0.4) is 0 Å². The summed E-state index contributed by atoms with van der Waals surface area (Å²) in [7, 11) is 0. The van der Waals surface area contributed by atoms with E-state index in [1.54, 1.807) is 24.3 Å². The van der Waals surface area contributed by atoms with Crippen LogP contribution in [-0.4, -0.2) is 57.1 Å². The van der Waals surface area contributed by atoms with Crippen molar-refractivity contribution in [3.8, 4) is 17.2 Å². The standard InChI is InChI=1S/C42H38Cl2F3N7O/c1-20-28-16-33(39-24-12-26(53(39)42(55)21-7-8-21)19-52(18-24)25-9-11-49-32(15-25)41(46)47)54(38-23-14-31(38)50-17-23)40(28)29-13-22(4-3-10-48)34(36(45)37(29)51-20)27-5-2-6-30(43)35(27)44/h2,5-6,9,11,13,15-16,21,23-24,26,31,38-39,41,50H,3-4,7-8,12,14,17-19H2,1H3/t23-,24+,26-,31-,38+,39-/m1/s1. The Morgan fingerprint density at radius 3 is 2.65 bits per heavy atom. The van der Waals surface area contributed by atoms with E-state index in [-0.39, 0.29) is 64.6 Å². The molecule has 1 N–H and O–H groups in total. The average molecular weight is 785 g/mol. The lowest BCUT2D eigenvalue weighted by molar-refractivity contribution is -0.135. The molecule has 7 heterocycles. The van der Waals surface area contributed by atoms with Gasteiger partial charge in [-0.15, -0.1) is 0 Å². The summed E-state index contributed by atoms with van der Waals surface area (Å²) in [5.41, 5.74) is 4.60. The largest absolute Gasteiger partial charge is 0.369 e. The molecule has 4 aliphatic heterocycles. The highest BCUT2D eigenvalue weighted by atomic mass is 35.5. The molecule has 0 radical (unpaired) electrons. The molecular formula is C42H38Cl2F3N7O. The Hall–Kier alpha value is -4.37. The molecule has 2 aromatic carbocycles. The molecule has 6 atom stereocenters. The zero-order chi connectivity index (χ0) is 37.9. The number of halogens is 5. The fourth-order valence-corrected chi connectivity index (χ4v) is 10.7. The molecule has 3 aromatic heterocycles. The lowest BCUT2D eigenvalue weighted by Gasteiger charge is -2.40. The zero-order valence-electron chi connectivity index (χ0n) is 30.1. The summed E-state index contributed by atoms with van der Waals surface area (Å²) in [6, 6.07) is 14.7. The number of rotatable bonds is 8. The number of hydrogen-bond donors (Lipinski definition) is 1. The third-order valence-corrected chi connectivity index (χ3v) is 13.7. The first-order chi connectivity index (χ1) is 26.6. The summed E-state index contributed by atoms with van der Waals surface area (Å²) in [4.78, 5) is 27.5. The Balaban J connectivity index is 1.19. The van der Waals surface area contributed by atoms with Crippen LogP contribution in [-0.2, 0) is 11.2 Å². The van der Waals surface area contributed by atoms with E-state index < -0.39 is 12.2 Å². The van der Waals surface area contributed by atoms with Gasteiger partial charge in [-0.1, -0.05) is 35.3 Å². The third kappa shape index (κ3) is 5.46. The lowest BCUT2D eigenvalue weighted by atomic mass is 9.79. The first-order valence-electron chi connectivity index (χ1n) is 19.1. The molecule has 13 heteroatoms. The van der Waals surface area contributed by atoms with E-state index >= 15 is 4.39 Å². The van der Waals surface area contributed by atoms with Crippen LogP contribution in [0.2, 0.25) is 10.0 Å². The summed E-state index contributed by atoms with van der Waals surface area (Å²) in [6.07, 6.45) is 2.80. The number of nitrogens with zero attached hydrogens (tertiary/aromatic N) is 6. The number of carbonyl (C=O) groups excluding carboxylic acids is 1. The SMILES string of the molecule is Cc1nc2c(F)c(-c3cccc(Cl)c3Cl)c(CCC#N)cc2c2c1cc([C@H]1[C@H]3C[C@H](CN(c4ccnc(C(F)F)c4)C3)N1C(=O)C1CC1)n2[C@H]1[C@H]2CN[C@@H]1C2.